The van der Waals surface area contributed by atoms with E-state index in [-0.39, 0.29) is 5.57 Å². The molecule has 0 aliphatic carbocycles. The van der Waals surface area contributed by atoms with Crippen LogP contribution in [0.3, 0.4) is 0 Å². The molecule has 0 bridgehead atoms. The van der Waals surface area contributed by atoms with Gasteiger partial charge < -0.3 is 30.0 Å². The third-order valence-electron chi connectivity index (χ3n) is 2.07. The summed E-state index contributed by atoms with van der Waals surface area (Å²) in [6.07, 6.45) is -0.999. The van der Waals surface area contributed by atoms with Gasteiger partial charge in [-0.3, -0.25) is 13.9 Å². The molecule has 0 saturated heterocycles. The SMILES string of the molecule is C=C(C)C(=O)NCCC(O)(P(=O)(O)O)P(=O)(O)O. The van der Waals surface area contributed by atoms with Crippen molar-refractivity contribution >= 4 is 21.1 Å². The molecule has 18 heavy (non-hydrogen) atoms. The van der Waals surface area contributed by atoms with E-state index >= 15 is 0 Å². The molecule has 0 radical (unpaired) electrons. The topological polar surface area (TPSA) is 164 Å². The molecule has 6 N–H and O–H groups in total. The molecule has 0 aliphatic rings. The van der Waals surface area contributed by atoms with Crippen LogP contribution >= 0.6 is 15.2 Å². The molecule has 11 heteroatoms. The standard InChI is InChI=1S/C7H15NO8P2/c1-5(2)6(9)8-4-3-7(10,17(11,12)13)18(14,15)16/h10H,1,3-4H2,2H3,(H,8,9)(H2,11,12,13)(H2,14,15,16). The van der Waals surface area contributed by atoms with Gasteiger partial charge in [-0.05, 0) is 6.92 Å². The predicted octanol–water partition coefficient (Wildman–Crippen LogP) is -0.930. The zero-order valence-electron chi connectivity index (χ0n) is 9.48. The third kappa shape index (κ3) is 4.00. The fraction of sp³-hybridized carbons (Fsp3) is 0.571. The second-order valence-corrected chi connectivity index (χ2v) is 7.66. The highest BCUT2D eigenvalue weighted by Crippen LogP contribution is 2.68. The normalized spacial score (nSPS) is 13.2. The molecule has 0 aromatic carbocycles. The Hall–Kier alpha value is -0.530. The average molecular weight is 303 g/mol. The molecule has 0 unspecified atom stereocenters. The van der Waals surface area contributed by atoms with Crippen LogP contribution in [-0.2, 0) is 13.9 Å². The van der Waals surface area contributed by atoms with Crippen LogP contribution in [-0.4, -0.2) is 42.2 Å². The number of carbonyl (C=O) groups is 1. The Bertz CT molecular complexity index is 413. The summed E-state index contributed by atoms with van der Waals surface area (Å²) < 4.78 is 21.9. The van der Waals surface area contributed by atoms with Gasteiger partial charge in [0.1, 0.15) is 0 Å². The van der Waals surface area contributed by atoms with Gasteiger partial charge in [0.25, 0.3) is 5.08 Å². The van der Waals surface area contributed by atoms with Crippen LogP contribution in [0.15, 0.2) is 12.2 Å². The molecule has 0 fully saturated rings. The Morgan fingerprint density at radius 2 is 1.61 bits per heavy atom. The van der Waals surface area contributed by atoms with E-state index in [0.717, 1.165) is 0 Å². The fourth-order valence-electron chi connectivity index (χ4n) is 0.956. The molecule has 0 atom stereocenters. The lowest BCUT2D eigenvalue weighted by Gasteiger charge is -2.29. The number of hydrogen-bond acceptors (Lipinski definition) is 4. The van der Waals surface area contributed by atoms with Gasteiger partial charge in [-0.15, -0.1) is 0 Å². The molecule has 0 saturated carbocycles. The highest BCUT2D eigenvalue weighted by atomic mass is 31.2. The number of carbonyl (C=O) groups excluding carboxylic acids is 1. The van der Waals surface area contributed by atoms with Gasteiger partial charge in [0.15, 0.2) is 0 Å². The maximum atomic E-state index is 11.0. The van der Waals surface area contributed by atoms with Crippen molar-refractivity contribution in [3.8, 4) is 0 Å². The van der Waals surface area contributed by atoms with E-state index in [1.807, 2.05) is 0 Å². The van der Waals surface area contributed by atoms with E-state index < -0.39 is 39.1 Å². The largest absolute Gasteiger partial charge is 0.369 e. The smallest absolute Gasteiger partial charge is 0.367 e. The molecule has 0 rings (SSSR count). The minimum Gasteiger partial charge on any atom is -0.367 e. The van der Waals surface area contributed by atoms with E-state index in [1.165, 1.54) is 6.92 Å². The van der Waals surface area contributed by atoms with Crippen molar-refractivity contribution in [3.05, 3.63) is 12.2 Å². The van der Waals surface area contributed by atoms with Gasteiger partial charge in [-0.1, -0.05) is 6.58 Å². The van der Waals surface area contributed by atoms with E-state index in [2.05, 4.69) is 11.9 Å². The minimum absolute atomic E-state index is 0.103. The summed E-state index contributed by atoms with van der Waals surface area (Å²) in [5.41, 5.74) is 0.103. The van der Waals surface area contributed by atoms with Crippen molar-refractivity contribution in [1.29, 1.82) is 0 Å². The van der Waals surface area contributed by atoms with Crippen molar-refractivity contribution in [2.24, 2.45) is 0 Å². The van der Waals surface area contributed by atoms with Gasteiger partial charge in [0.05, 0.1) is 0 Å². The van der Waals surface area contributed by atoms with Crippen LogP contribution in [0.5, 0.6) is 0 Å². The number of nitrogens with one attached hydrogen (secondary N) is 1. The summed E-state index contributed by atoms with van der Waals surface area (Å²) >= 11 is 0. The molecular formula is C7H15NO8P2. The average Bonchev–Trinajstić information content (AvgIpc) is 2.13. The lowest BCUT2D eigenvalue weighted by Crippen LogP contribution is -2.35. The summed E-state index contributed by atoms with van der Waals surface area (Å²) in [7, 11) is -10.9. The molecule has 0 aromatic heterocycles. The zero-order valence-corrected chi connectivity index (χ0v) is 11.3. The van der Waals surface area contributed by atoms with Crippen molar-refractivity contribution < 1.29 is 38.6 Å². The van der Waals surface area contributed by atoms with Gasteiger partial charge in [0, 0.05) is 18.5 Å². The molecule has 0 aliphatic heterocycles. The van der Waals surface area contributed by atoms with E-state index in [1.54, 1.807) is 0 Å². The lowest BCUT2D eigenvalue weighted by atomic mass is 10.3. The third-order valence-corrected chi connectivity index (χ3v) is 5.94. The molecule has 9 nitrogen and oxygen atoms in total. The Morgan fingerprint density at radius 1 is 1.22 bits per heavy atom. The first-order chi connectivity index (χ1) is 7.83. The van der Waals surface area contributed by atoms with Crippen LogP contribution in [0.2, 0.25) is 0 Å². The molecule has 106 valence electrons. The Balaban J connectivity index is 4.88. The highest BCUT2D eigenvalue weighted by Gasteiger charge is 2.58. The van der Waals surface area contributed by atoms with Crippen molar-refractivity contribution in [2.45, 2.75) is 18.4 Å². The molecular weight excluding hydrogens is 288 g/mol. The molecule has 0 spiro atoms. The summed E-state index contributed by atoms with van der Waals surface area (Å²) in [5, 5.41) is 8.02. The van der Waals surface area contributed by atoms with Crippen LogP contribution in [0.1, 0.15) is 13.3 Å². The van der Waals surface area contributed by atoms with Crippen molar-refractivity contribution in [2.75, 3.05) is 6.54 Å². The highest BCUT2D eigenvalue weighted by molar-refractivity contribution is 7.72. The van der Waals surface area contributed by atoms with Crippen LogP contribution < -0.4 is 5.32 Å². The monoisotopic (exact) mass is 303 g/mol. The summed E-state index contributed by atoms with van der Waals surface area (Å²) in [6.45, 7) is 4.13. The quantitative estimate of drug-likeness (QED) is 0.270. The predicted molar refractivity (Wildman–Crippen MR) is 61.5 cm³/mol. The molecule has 0 aromatic rings. The van der Waals surface area contributed by atoms with Crippen molar-refractivity contribution in [3.63, 3.8) is 0 Å². The number of aliphatic hydroxyl groups is 1. The first-order valence-electron chi connectivity index (χ1n) is 4.60. The maximum absolute atomic E-state index is 11.0. The summed E-state index contributed by atoms with van der Waals surface area (Å²) in [5.74, 6) is -0.659. The lowest BCUT2D eigenvalue weighted by molar-refractivity contribution is -0.117. The first-order valence-corrected chi connectivity index (χ1v) is 7.83. The molecule has 1 amide bonds. The minimum atomic E-state index is -5.47. The maximum Gasteiger partial charge on any atom is 0.369 e. The van der Waals surface area contributed by atoms with Gasteiger partial charge in [-0.2, -0.15) is 0 Å². The summed E-state index contributed by atoms with van der Waals surface area (Å²) in [4.78, 5) is 46.2. The Kier molecular flexibility index (Phi) is 5.46. The summed E-state index contributed by atoms with van der Waals surface area (Å²) in [6, 6.07) is 0. The number of amides is 1. The van der Waals surface area contributed by atoms with E-state index in [0.29, 0.717) is 0 Å². The Labute approximate surface area is 103 Å². The zero-order chi connectivity index (χ0) is 14.8. The fourth-order valence-corrected chi connectivity index (χ4v) is 3.12. The first kappa shape index (κ1) is 17.5. The van der Waals surface area contributed by atoms with E-state index in [4.69, 9.17) is 19.6 Å². The van der Waals surface area contributed by atoms with Crippen LogP contribution in [0, 0.1) is 0 Å². The van der Waals surface area contributed by atoms with E-state index in [9.17, 15) is 19.0 Å². The van der Waals surface area contributed by atoms with Gasteiger partial charge in [-0.25, -0.2) is 0 Å². The van der Waals surface area contributed by atoms with Gasteiger partial charge >= 0.3 is 15.2 Å². The second-order valence-electron chi connectivity index (χ2n) is 3.65. The van der Waals surface area contributed by atoms with Crippen LogP contribution in [0.25, 0.3) is 0 Å². The Morgan fingerprint density at radius 3 is 1.89 bits per heavy atom. The second kappa shape index (κ2) is 5.63. The number of rotatable bonds is 6. The molecule has 0 heterocycles. The number of hydrogen-bond donors (Lipinski definition) is 6. The van der Waals surface area contributed by atoms with Crippen molar-refractivity contribution in [1.82, 2.24) is 5.32 Å². The van der Waals surface area contributed by atoms with Gasteiger partial charge in [0.2, 0.25) is 5.91 Å². The van der Waals surface area contributed by atoms with Crippen LogP contribution in [0.4, 0.5) is 0 Å².